The molecule has 2 N–H and O–H groups in total. The molecule has 2 aromatic rings. The molecule has 1 heterocycles. The first kappa shape index (κ1) is 12.3. The zero-order valence-electron chi connectivity index (χ0n) is 10.1. The molecule has 0 aliphatic heterocycles. The van der Waals surface area contributed by atoms with E-state index in [1.807, 2.05) is 6.92 Å². The molecular formula is C13H14FN3O. The summed E-state index contributed by atoms with van der Waals surface area (Å²) in [5.74, 6) is -0.425. The fourth-order valence-electron chi connectivity index (χ4n) is 1.75. The number of rotatable bonds is 4. The largest absolute Gasteiger partial charge is 0.396 e. The van der Waals surface area contributed by atoms with E-state index in [9.17, 15) is 9.18 Å². The second kappa shape index (κ2) is 5.00. The number of aromatic nitrogens is 2. The van der Waals surface area contributed by atoms with Gasteiger partial charge in [-0.15, -0.1) is 0 Å². The number of halogens is 1. The van der Waals surface area contributed by atoms with Gasteiger partial charge in [-0.1, -0.05) is 6.92 Å². The molecule has 5 heteroatoms. The molecule has 0 saturated heterocycles. The number of nitrogens with two attached hydrogens (primary N) is 1. The van der Waals surface area contributed by atoms with E-state index in [-0.39, 0.29) is 11.5 Å². The lowest BCUT2D eigenvalue weighted by atomic mass is 10.1. The molecule has 0 unspecified atom stereocenters. The van der Waals surface area contributed by atoms with Gasteiger partial charge in [-0.2, -0.15) is 0 Å². The molecule has 18 heavy (non-hydrogen) atoms. The average Bonchev–Trinajstić information content (AvgIpc) is 2.80. The van der Waals surface area contributed by atoms with Crippen LogP contribution in [0.1, 0.15) is 29.5 Å². The summed E-state index contributed by atoms with van der Waals surface area (Å²) in [6, 6.07) is 3.94. The highest BCUT2D eigenvalue weighted by atomic mass is 19.1. The highest BCUT2D eigenvalue weighted by molar-refractivity contribution is 6.07. The smallest absolute Gasteiger partial charge is 0.228 e. The molecule has 2 rings (SSSR count). The first-order chi connectivity index (χ1) is 8.63. The van der Waals surface area contributed by atoms with Gasteiger partial charge < -0.3 is 10.3 Å². The van der Waals surface area contributed by atoms with Crippen molar-refractivity contribution in [3.63, 3.8) is 0 Å². The number of nitrogens with zero attached hydrogens (tertiary/aromatic N) is 2. The number of anilines is 1. The van der Waals surface area contributed by atoms with Crippen molar-refractivity contribution in [3.05, 3.63) is 47.8 Å². The quantitative estimate of drug-likeness (QED) is 0.665. The summed E-state index contributed by atoms with van der Waals surface area (Å²) in [6.07, 6.45) is 4.24. The van der Waals surface area contributed by atoms with Gasteiger partial charge in [0, 0.05) is 24.5 Å². The molecule has 0 radical (unpaired) electrons. The summed E-state index contributed by atoms with van der Waals surface area (Å²) in [4.78, 5) is 16.2. The van der Waals surface area contributed by atoms with Crippen LogP contribution in [0, 0.1) is 5.82 Å². The van der Waals surface area contributed by atoms with Gasteiger partial charge in [0.2, 0.25) is 5.78 Å². The minimum atomic E-state index is -0.525. The predicted octanol–water partition coefficient (Wildman–Crippen LogP) is 2.25. The van der Waals surface area contributed by atoms with Crippen molar-refractivity contribution in [1.29, 1.82) is 0 Å². The second-order valence-corrected chi connectivity index (χ2v) is 4.01. The lowest BCUT2D eigenvalue weighted by Gasteiger charge is -2.06. The first-order valence-corrected chi connectivity index (χ1v) is 5.74. The molecule has 0 atom stereocenters. The van der Waals surface area contributed by atoms with E-state index in [0.29, 0.717) is 11.4 Å². The van der Waals surface area contributed by atoms with Crippen LogP contribution in [-0.4, -0.2) is 15.3 Å². The monoisotopic (exact) mass is 247 g/mol. The lowest BCUT2D eigenvalue weighted by Crippen LogP contribution is -2.11. The molecule has 1 aromatic carbocycles. The third-order valence-corrected chi connectivity index (χ3v) is 2.64. The average molecular weight is 247 g/mol. The summed E-state index contributed by atoms with van der Waals surface area (Å²) < 4.78 is 14.8. The molecule has 0 aliphatic carbocycles. The Morgan fingerprint density at radius 3 is 2.94 bits per heavy atom. The number of hydrogen-bond acceptors (Lipinski definition) is 3. The topological polar surface area (TPSA) is 60.9 Å². The van der Waals surface area contributed by atoms with Gasteiger partial charge in [-0.05, 0) is 24.6 Å². The van der Waals surface area contributed by atoms with E-state index in [1.54, 1.807) is 17.0 Å². The van der Waals surface area contributed by atoms with Crippen LogP contribution in [0.3, 0.4) is 0 Å². The summed E-state index contributed by atoms with van der Waals surface area (Å²) in [5.41, 5.74) is 5.77. The van der Waals surface area contributed by atoms with Gasteiger partial charge in [0.1, 0.15) is 5.82 Å². The molecule has 0 saturated carbocycles. The van der Waals surface area contributed by atoms with Crippen LogP contribution in [0.15, 0.2) is 30.6 Å². The Morgan fingerprint density at radius 1 is 1.50 bits per heavy atom. The standard InChI is InChI=1S/C13H14FN3O/c1-2-6-17-7-5-16-13(17)12(18)9-3-4-10(14)11(15)8-9/h3-5,7-8H,2,6,15H2,1H3. The Bertz CT molecular complexity index is 577. The maximum atomic E-state index is 13.0. The molecular weight excluding hydrogens is 233 g/mol. The zero-order valence-corrected chi connectivity index (χ0v) is 10.1. The predicted molar refractivity (Wildman–Crippen MR) is 66.8 cm³/mol. The molecule has 0 amide bonds. The van der Waals surface area contributed by atoms with E-state index in [1.165, 1.54) is 18.2 Å². The fraction of sp³-hybridized carbons (Fsp3) is 0.231. The van der Waals surface area contributed by atoms with E-state index >= 15 is 0 Å². The minimum Gasteiger partial charge on any atom is -0.396 e. The highest BCUT2D eigenvalue weighted by Gasteiger charge is 2.15. The van der Waals surface area contributed by atoms with Crippen molar-refractivity contribution in [2.24, 2.45) is 0 Å². The van der Waals surface area contributed by atoms with Crippen LogP contribution < -0.4 is 5.73 Å². The van der Waals surface area contributed by atoms with Crippen LogP contribution in [0.25, 0.3) is 0 Å². The van der Waals surface area contributed by atoms with Gasteiger partial charge in [0.25, 0.3) is 0 Å². The lowest BCUT2D eigenvalue weighted by molar-refractivity contribution is 0.102. The number of imidazole rings is 1. The van der Waals surface area contributed by atoms with E-state index in [4.69, 9.17) is 5.73 Å². The molecule has 0 bridgehead atoms. The van der Waals surface area contributed by atoms with Crippen molar-refractivity contribution < 1.29 is 9.18 Å². The highest BCUT2D eigenvalue weighted by Crippen LogP contribution is 2.15. The Morgan fingerprint density at radius 2 is 2.28 bits per heavy atom. The molecule has 0 fully saturated rings. The number of carbonyl (C=O) groups excluding carboxylic acids is 1. The molecule has 94 valence electrons. The second-order valence-electron chi connectivity index (χ2n) is 4.01. The summed E-state index contributed by atoms with van der Waals surface area (Å²) in [6.45, 7) is 2.74. The SMILES string of the molecule is CCCn1ccnc1C(=O)c1ccc(F)c(N)c1. The molecule has 1 aromatic heterocycles. The van der Waals surface area contributed by atoms with E-state index in [0.717, 1.165) is 13.0 Å². The third-order valence-electron chi connectivity index (χ3n) is 2.64. The summed E-state index contributed by atoms with van der Waals surface area (Å²) >= 11 is 0. The van der Waals surface area contributed by atoms with Crippen molar-refractivity contribution in [2.75, 3.05) is 5.73 Å². The number of carbonyl (C=O) groups is 1. The number of hydrogen-bond donors (Lipinski definition) is 1. The number of aryl methyl sites for hydroxylation is 1. The van der Waals surface area contributed by atoms with Gasteiger partial charge >= 0.3 is 0 Å². The normalized spacial score (nSPS) is 10.6. The van der Waals surface area contributed by atoms with Crippen molar-refractivity contribution >= 4 is 11.5 Å². The number of nitrogen functional groups attached to an aromatic ring is 1. The summed E-state index contributed by atoms with van der Waals surface area (Å²) in [7, 11) is 0. The van der Waals surface area contributed by atoms with Gasteiger partial charge in [0.15, 0.2) is 5.82 Å². The molecule has 0 aliphatic rings. The molecule has 4 nitrogen and oxygen atoms in total. The van der Waals surface area contributed by atoms with Crippen molar-refractivity contribution in [1.82, 2.24) is 9.55 Å². The van der Waals surface area contributed by atoms with E-state index in [2.05, 4.69) is 4.98 Å². The van der Waals surface area contributed by atoms with Crippen LogP contribution in [-0.2, 0) is 6.54 Å². The number of benzene rings is 1. The van der Waals surface area contributed by atoms with Crippen LogP contribution in [0.4, 0.5) is 10.1 Å². The maximum absolute atomic E-state index is 13.0. The van der Waals surface area contributed by atoms with Crippen LogP contribution in [0.5, 0.6) is 0 Å². The Balaban J connectivity index is 2.35. The van der Waals surface area contributed by atoms with E-state index < -0.39 is 5.82 Å². The van der Waals surface area contributed by atoms with Crippen molar-refractivity contribution in [2.45, 2.75) is 19.9 Å². The minimum absolute atomic E-state index is 0.0329. The van der Waals surface area contributed by atoms with Gasteiger partial charge in [-0.25, -0.2) is 9.37 Å². The maximum Gasteiger partial charge on any atom is 0.228 e. The first-order valence-electron chi connectivity index (χ1n) is 5.74. The Kier molecular flexibility index (Phi) is 3.41. The van der Waals surface area contributed by atoms with Crippen LogP contribution in [0.2, 0.25) is 0 Å². The van der Waals surface area contributed by atoms with Crippen LogP contribution >= 0.6 is 0 Å². The Hall–Kier alpha value is -2.17. The third kappa shape index (κ3) is 2.25. The number of ketones is 1. The zero-order chi connectivity index (χ0) is 13.1. The Labute approximate surface area is 104 Å². The summed E-state index contributed by atoms with van der Waals surface area (Å²) in [5, 5.41) is 0. The fourth-order valence-corrected chi connectivity index (χ4v) is 1.75. The van der Waals surface area contributed by atoms with Gasteiger partial charge in [0.05, 0.1) is 5.69 Å². The van der Waals surface area contributed by atoms with Gasteiger partial charge in [-0.3, -0.25) is 4.79 Å². The van der Waals surface area contributed by atoms with Crippen molar-refractivity contribution in [3.8, 4) is 0 Å². The molecule has 0 spiro atoms.